The highest BCUT2D eigenvalue weighted by Gasteiger charge is 2.36. The molecule has 6 heteroatoms. The van der Waals surface area contributed by atoms with Gasteiger partial charge in [-0.2, -0.15) is 0 Å². The van der Waals surface area contributed by atoms with Gasteiger partial charge in [-0.05, 0) is 24.6 Å². The van der Waals surface area contributed by atoms with Crippen LogP contribution < -0.4 is 19.7 Å². The number of ether oxygens (including phenoxy) is 2. The van der Waals surface area contributed by atoms with E-state index in [2.05, 4.69) is 5.32 Å². The Morgan fingerprint density at radius 3 is 2.70 bits per heavy atom. The summed E-state index contributed by atoms with van der Waals surface area (Å²) in [6, 6.07) is 13.3. The highest BCUT2D eigenvalue weighted by Crippen LogP contribution is 2.36. The lowest BCUT2D eigenvalue weighted by Gasteiger charge is -2.20. The zero-order valence-electron chi connectivity index (χ0n) is 15.8. The minimum atomic E-state index is -0.391. The Morgan fingerprint density at radius 1 is 1.19 bits per heavy atom. The van der Waals surface area contributed by atoms with E-state index in [-0.39, 0.29) is 18.2 Å². The Bertz CT molecular complexity index is 850. The number of nitrogens with zero attached hydrogens (tertiary/aromatic N) is 1. The average Bonchev–Trinajstić information content (AvgIpc) is 3.07. The van der Waals surface area contributed by atoms with Crippen LogP contribution in [-0.4, -0.2) is 32.6 Å². The summed E-state index contributed by atoms with van der Waals surface area (Å²) >= 11 is 0. The molecule has 1 fully saturated rings. The number of carbonyl (C=O) groups is 2. The normalized spacial score (nSPS) is 16.3. The van der Waals surface area contributed by atoms with Crippen molar-refractivity contribution in [3.05, 3.63) is 53.6 Å². The molecule has 1 atom stereocenters. The maximum Gasteiger partial charge on any atom is 0.227 e. The third kappa shape index (κ3) is 4.22. The van der Waals surface area contributed by atoms with Crippen molar-refractivity contribution >= 4 is 17.5 Å². The second-order valence-electron chi connectivity index (χ2n) is 6.65. The van der Waals surface area contributed by atoms with Gasteiger partial charge in [0.15, 0.2) is 0 Å². The molecule has 3 rings (SSSR count). The van der Waals surface area contributed by atoms with Gasteiger partial charge in [0.05, 0.1) is 25.8 Å². The van der Waals surface area contributed by atoms with Crippen molar-refractivity contribution in [3.63, 3.8) is 0 Å². The summed E-state index contributed by atoms with van der Waals surface area (Å²) in [5.41, 5.74) is 2.81. The molecule has 0 aromatic heterocycles. The molecule has 1 heterocycles. The third-order valence-electron chi connectivity index (χ3n) is 4.72. The van der Waals surface area contributed by atoms with E-state index >= 15 is 0 Å². The van der Waals surface area contributed by atoms with Crippen LogP contribution in [0.5, 0.6) is 11.5 Å². The second kappa shape index (κ2) is 8.12. The van der Waals surface area contributed by atoms with Crippen molar-refractivity contribution in [2.45, 2.75) is 19.9 Å². The summed E-state index contributed by atoms with van der Waals surface area (Å²) in [5.74, 6) is 0.598. The molecule has 2 aromatic carbocycles. The van der Waals surface area contributed by atoms with E-state index in [9.17, 15) is 9.59 Å². The first-order valence-electron chi connectivity index (χ1n) is 8.87. The van der Waals surface area contributed by atoms with Crippen molar-refractivity contribution < 1.29 is 19.1 Å². The van der Waals surface area contributed by atoms with Gasteiger partial charge in [-0.15, -0.1) is 0 Å². The van der Waals surface area contributed by atoms with Gasteiger partial charge < -0.3 is 19.7 Å². The van der Waals surface area contributed by atoms with Crippen molar-refractivity contribution in [3.8, 4) is 11.5 Å². The summed E-state index contributed by atoms with van der Waals surface area (Å²) < 4.78 is 10.6. The van der Waals surface area contributed by atoms with Gasteiger partial charge in [-0.25, -0.2) is 0 Å². The minimum absolute atomic E-state index is 0.0998. The molecule has 1 aliphatic heterocycles. The van der Waals surface area contributed by atoms with Crippen molar-refractivity contribution in [2.75, 3.05) is 25.7 Å². The van der Waals surface area contributed by atoms with Gasteiger partial charge in [0.1, 0.15) is 11.5 Å². The van der Waals surface area contributed by atoms with E-state index in [4.69, 9.17) is 9.47 Å². The molecule has 1 unspecified atom stereocenters. The molecular formula is C21H24N2O4. The molecular weight excluding hydrogens is 344 g/mol. The first-order chi connectivity index (χ1) is 13.0. The van der Waals surface area contributed by atoms with Crippen LogP contribution in [0.25, 0.3) is 0 Å². The SMILES string of the molecule is COc1ccc(OC)c(N2CC(C(=O)NCc3cccc(C)c3)CC2=O)c1. The van der Waals surface area contributed by atoms with E-state index in [1.807, 2.05) is 31.2 Å². The maximum absolute atomic E-state index is 12.6. The van der Waals surface area contributed by atoms with Gasteiger partial charge in [0.25, 0.3) is 0 Å². The van der Waals surface area contributed by atoms with E-state index in [0.717, 1.165) is 11.1 Å². The Kier molecular flexibility index (Phi) is 5.64. The van der Waals surface area contributed by atoms with E-state index in [1.54, 1.807) is 37.3 Å². The average molecular weight is 368 g/mol. The van der Waals surface area contributed by atoms with Gasteiger partial charge in [0, 0.05) is 25.6 Å². The fourth-order valence-corrected chi connectivity index (χ4v) is 3.28. The van der Waals surface area contributed by atoms with Crippen LogP contribution in [0.3, 0.4) is 0 Å². The van der Waals surface area contributed by atoms with Crippen LogP contribution in [0.4, 0.5) is 5.69 Å². The fourth-order valence-electron chi connectivity index (χ4n) is 3.28. The molecule has 1 N–H and O–H groups in total. The summed E-state index contributed by atoms with van der Waals surface area (Å²) in [7, 11) is 3.12. The molecule has 0 bridgehead atoms. The largest absolute Gasteiger partial charge is 0.497 e. The number of benzene rings is 2. The number of methoxy groups -OCH3 is 2. The predicted octanol–water partition coefficient (Wildman–Crippen LogP) is 2.68. The first-order valence-corrected chi connectivity index (χ1v) is 8.87. The zero-order valence-corrected chi connectivity index (χ0v) is 15.8. The van der Waals surface area contributed by atoms with Crippen LogP contribution in [0.1, 0.15) is 17.5 Å². The van der Waals surface area contributed by atoms with Crippen LogP contribution in [0, 0.1) is 12.8 Å². The lowest BCUT2D eigenvalue weighted by Crippen LogP contribution is -2.32. The zero-order chi connectivity index (χ0) is 19.4. The lowest BCUT2D eigenvalue weighted by molar-refractivity contribution is -0.126. The Labute approximate surface area is 159 Å². The van der Waals surface area contributed by atoms with Gasteiger partial charge in [0.2, 0.25) is 11.8 Å². The van der Waals surface area contributed by atoms with E-state index < -0.39 is 5.92 Å². The van der Waals surface area contributed by atoms with Crippen LogP contribution in [0.2, 0.25) is 0 Å². The molecule has 2 aromatic rings. The standard InChI is InChI=1S/C21H24N2O4/c1-14-5-4-6-15(9-14)12-22-21(25)16-10-20(24)23(13-16)18-11-17(26-2)7-8-19(18)27-3/h4-9,11,16H,10,12-13H2,1-3H3,(H,22,25). The molecule has 1 aliphatic rings. The predicted molar refractivity (Wildman–Crippen MR) is 103 cm³/mol. The number of anilines is 1. The number of nitrogens with one attached hydrogen (secondary N) is 1. The Balaban J connectivity index is 1.69. The van der Waals surface area contributed by atoms with Gasteiger partial charge in [-0.3, -0.25) is 9.59 Å². The monoisotopic (exact) mass is 368 g/mol. The molecule has 142 valence electrons. The molecule has 2 amide bonds. The van der Waals surface area contributed by atoms with Gasteiger partial charge >= 0.3 is 0 Å². The first kappa shape index (κ1) is 18.8. The van der Waals surface area contributed by atoms with Crippen molar-refractivity contribution in [1.82, 2.24) is 5.32 Å². The molecule has 6 nitrogen and oxygen atoms in total. The summed E-state index contributed by atoms with van der Waals surface area (Å²) in [6.07, 6.45) is 0.181. The quantitative estimate of drug-likeness (QED) is 0.851. The Morgan fingerprint density at radius 2 is 2.00 bits per heavy atom. The van der Waals surface area contributed by atoms with Crippen LogP contribution in [-0.2, 0) is 16.1 Å². The number of hydrogen-bond donors (Lipinski definition) is 1. The van der Waals surface area contributed by atoms with Gasteiger partial charge in [-0.1, -0.05) is 29.8 Å². The number of hydrogen-bond acceptors (Lipinski definition) is 4. The van der Waals surface area contributed by atoms with E-state index in [0.29, 0.717) is 30.3 Å². The number of carbonyl (C=O) groups excluding carboxylic acids is 2. The molecule has 1 saturated heterocycles. The molecule has 27 heavy (non-hydrogen) atoms. The minimum Gasteiger partial charge on any atom is -0.497 e. The fraction of sp³-hybridized carbons (Fsp3) is 0.333. The third-order valence-corrected chi connectivity index (χ3v) is 4.72. The number of amides is 2. The highest BCUT2D eigenvalue weighted by atomic mass is 16.5. The molecule has 0 spiro atoms. The van der Waals surface area contributed by atoms with Crippen LogP contribution >= 0.6 is 0 Å². The smallest absolute Gasteiger partial charge is 0.227 e. The molecule has 0 saturated carbocycles. The van der Waals surface area contributed by atoms with Crippen molar-refractivity contribution in [1.29, 1.82) is 0 Å². The van der Waals surface area contributed by atoms with E-state index in [1.165, 1.54) is 0 Å². The summed E-state index contributed by atoms with van der Waals surface area (Å²) in [4.78, 5) is 26.7. The Hall–Kier alpha value is -3.02. The second-order valence-corrected chi connectivity index (χ2v) is 6.65. The lowest BCUT2D eigenvalue weighted by atomic mass is 10.1. The number of aryl methyl sites for hydroxylation is 1. The summed E-state index contributed by atoms with van der Waals surface area (Å²) in [5, 5.41) is 2.94. The van der Waals surface area contributed by atoms with Crippen molar-refractivity contribution in [2.24, 2.45) is 5.92 Å². The molecule has 0 aliphatic carbocycles. The topological polar surface area (TPSA) is 67.9 Å². The maximum atomic E-state index is 12.6. The van der Waals surface area contributed by atoms with Crippen LogP contribution in [0.15, 0.2) is 42.5 Å². The summed E-state index contributed by atoms with van der Waals surface area (Å²) in [6.45, 7) is 2.79. The number of rotatable bonds is 6. The highest BCUT2D eigenvalue weighted by molar-refractivity contribution is 6.01. The molecule has 0 radical (unpaired) electrons.